The zero-order valence-electron chi connectivity index (χ0n) is 14.2. The van der Waals surface area contributed by atoms with Crippen LogP contribution in [0.5, 0.6) is 5.75 Å². The van der Waals surface area contributed by atoms with E-state index in [2.05, 4.69) is 18.6 Å². The molecule has 0 radical (unpaired) electrons. The normalized spacial score (nSPS) is 12.6. The lowest BCUT2D eigenvalue weighted by Gasteiger charge is -2.14. The van der Waals surface area contributed by atoms with E-state index in [9.17, 15) is 12.8 Å². The number of ether oxygens (including phenoxy) is 1. The number of anilines is 1. The summed E-state index contributed by atoms with van der Waals surface area (Å²) in [6, 6.07) is 10.2. The van der Waals surface area contributed by atoms with Crippen LogP contribution in [0.15, 0.2) is 47.4 Å². The maximum absolute atomic E-state index is 13.4. The molecule has 0 bridgehead atoms. The van der Waals surface area contributed by atoms with Crippen LogP contribution in [0.3, 0.4) is 0 Å². The molecule has 0 fully saturated rings. The second kappa shape index (κ2) is 8.31. The van der Waals surface area contributed by atoms with Crippen molar-refractivity contribution in [1.82, 2.24) is 0 Å². The molecule has 25 heavy (non-hydrogen) atoms. The van der Waals surface area contributed by atoms with Gasteiger partial charge in [-0.05, 0) is 42.2 Å². The van der Waals surface area contributed by atoms with Gasteiger partial charge in [-0.3, -0.25) is 4.72 Å². The molecule has 5 nitrogen and oxygen atoms in total. The van der Waals surface area contributed by atoms with Gasteiger partial charge in [0.05, 0.1) is 17.2 Å². The SMILES string of the molecule is CCC(C)c1ccc(S(=O)(=O)Nc2ccc(F)cc2OCCO)cc1. The molecule has 0 saturated carbocycles. The van der Waals surface area contributed by atoms with Gasteiger partial charge in [0.25, 0.3) is 10.0 Å². The molecule has 2 rings (SSSR count). The van der Waals surface area contributed by atoms with Gasteiger partial charge in [0.1, 0.15) is 18.2 Å². The molecule has 136 valence electrons. The third kappa shape index (κ3) is 4.93. The summed E-state index contributed by atoms with van der Waals surface area (Å²) >= 11 is 0. The van der Waals surface area contributed by atoms with Crippen LogP contribution in [0.1, 0.15) is 31.7 Å². The number of hydrogen-bond acceptors (Lipinski definition) is 4. The first-order chi connectivity index (χ1) is 11.9. The zero-order chi connectivity index (χ0) is 18.4. The van der Waals surface area contributed by atoms with Crippen LogP contribution in [0, 0.1) is 5.82 Å². The van der Waals surface area contributed by atoms with E-state index in [4.69, 9.17) is 9.84 Å². The molecule has 2 aromatic rings. The van der Waals surface area contributed by atoms with Crippen molar-refractivity contribution in [2.45, 2.75) is 31.1 Å². The largest absolute Gasteiger partial charge is 0.489 e. The highest BCUT2D eigenvalue weighted by Gasteiger charge is 2.17. The number of aliphatic hydroxyl groups excluding tert-OH is 1. The minimum absolute atomic E-state index is 0.0221. The fraction of sp³-hybridized carbons (Fsp3) is 0.333. The van der Waals surface area contributed by atoms with Gasteiger partial charge in [0, 0.05) is 6.07 Å². The summed E-state index contributed by atoms with van der Waals surface area (Å²) in [5, 5.41) is 8.83. The lowest BCUT2D eigenvalue weighted by Crippen LogP contribution is -2.14. The fourth-order valence-electron chi connectivity index (χ4n) is 2.27. The van der Waals surface area contributed by atoms with Crippen molar-refractivity contribution in [1.29, 1.82) is 0 Å². The Morgan fingerprint density at radius 2 is 1.88 bits per heavy atom. The Morgan fingerprint density at radius 1 is 1.20 bits per heavy atom. The Bertz CT molecular complexity index is 806. The molecular weight excluding hydrogens is 345 g/mol. The third-order valence-corrected chi connectivity index (χ3v) is 5.29. The van der Waals surface area contributed by atoms with Gasteiger partial charge in [0.2, 0.25) is 0 Å². The molecule has 0 aliphatic rings. The van der Waals surface area contributed by atoms with E-state index in [0.717, 1.165) is 24.1 Å². The topological polar surface area (TPSA) is 75.6 Å². The summed E-state index contributed by atoms with van der Waals surface area (Å²) in [6.45, 7) is 3.81. The third-order valence-electron chi connectivity index (χ3n) is 3.91. The molecule has 0 spiro atoms. The number of hydrogen-bond donors (Lipinski definition) is 2. The molecular formula is C18H22FNO4S. The molecule has 7 heteroatoms. The first-order valence-corrected chi connectivity index (χ1v) is 9.51. The van der Waals surface area contributed by atoms with Crippen molar-refractivity contribution in [2.24, 2.45) is 0 Å². The van der Waals surface area contributed by atoms with Crippen molar-refractivity contribution in [3.05, 3.63) is 53.8 Å². The molecule has 2 N–H and O–H groups in total. The van der Waals surface area contributed by atoms with Gasteiger partial charge in [-0.25, -0.2) is 12.8 Å². The van der Waals surface area contributed by atoms with E-state index in [-0.39, 0.29) is 29.5 Å². The van der Waals surface area contributed by atoms with Crippen LogP contribution >= 0.6 is 0 Å². The van der Waals surface area contributed by atoms with Crippen molar-refractivity contribution in [2.75, 3.05) is 17.9 Å². The summed E-state index contributed by atoms with van der Waals surface area (Å²) in [6.07, 6.45) is 0.964. The predicted octanol–water partition coefficient (Wildman–Crippen LogP) is 3.51. The van der Waals surface area contributed by atoms with Crippen LogP contribution in [-0.2, 0) is 10.0 Å². The highest BCUT2D eigenvalue weighted by molar-refractivity contribution is 7.92. The highest BCUT2D eigenvalue weighted by Crippen LogP contribution is 2.28. The van der Waals surface area contributed by atoms with Crippen LogP contribution in [-0.4, -0.2) is 26.7 Å². The van der Waals surface area contributed by atoms with Crippen molar-refractivity contribution < 1.29 is 22.7 Å². The molecule has 0 aliphatic carbocycles. The highest BCUT2D eigenvalue weighted by atomic mass is 32.2. The van der Waals surface area contributed by atoms with E-state index >= 15 is 0 Å². The van der Waals surface area contributed by atoms with Crippen molar-refractivity contribution in [3.63, 3.8) is 0 Å². The molecule has 1 atom stereocenters. The number of nitrogens with one attached hydrogen (secondary N) is 1. The summed E-state index contributed by atoms with van der Waals surface area (Å²) in [7, 11) is -3.84. The Hall–Kier alpha value is -2.12. The van der Waals surface area contributed by atoms with E-state index in [1.165, 1.54) is 6.07 Å². The summed E-state index contributed by atoms with van der Waals surface area (Å²) in [5.41, 5.74) is 1.18. The fourth-order valence-corrected chi connectivity index (χ4v) is 3.34. The Kier molecular flexibility index (Phi) is 6.39. The monoisotopic (exact) mass is 367 g/mol. The number of halogens is 1. The second-order valence-corrected chi connectivity index (χ2v) is 7.38. The van der Waals surface area contributed by atoms with E-state index in [1.54, 1.807) is 24.3 Å². The molecule has 0 heterocycles. The number of rotatable bonds is 8. The average Bonchev–Trinajstić information content (AvgIpc) is 2.61. The van der Waals surface area contributed by atoms with Crippen LogP contribution < -0.4 is 9.46 Å². The molecule has 0 aromatic heterocycles. The van der Waals surface area contributed by atoms with Crippen molar-refractivity contribution in [3.8, 4) is 5.75 Å². The first-order valence-electron chi connectivity index (χ1n) is 8.03. The summed E-state index contributed by atoms with van der Waals surface area (Å²) in [5.74, 6) is -0.192. The van der Waals surface area contributed by atoms with Gasteiger partial charge in [0.15, 0.2) is 0 Å². The molecule has 0 saturated heterocycles. The van der Waals surface area contributed by atoms with Crippen LogP contribution in [0.25, 0.3) is 0 Å². The quantitative estimate of drug-likeness (QED) is 0.749. The first kappa shape index (κ1) is 19.2. The van der Waals surface area contributed by atoms with E-state index in [0.29, 0.717) is 5.92 Å². The summed E-state index contributed by atoms with van der Waals surface area (Å²) in [4.78, 5) is 0.108. The Balaban J connectivity index is 2.26. The average molecular weight is 367 g/mol. The van der Waals surface area contributed by atoms with Crippen LogP contribution in [0.4, 0.5) is 10.1 Å². The van der Waals surface area contributed by atoms with Gasteiger partial charge in [-0.1, -0.05) is 26.0 Å². The molecule has 1 unspecified atom stereocenters. The van der Waals surface area contributed by atoms with Crippen molar-refractivity contribution >= 4 is 15.7 Å². The smallest absolute Gasteiger partial charge is 0.262 e. The zero-order valence-corrected chi connectivity index (χ0v) is 15.0. The lowest BCUT2D eigenvalue weighted by atomic mass is 9.99. The number of benzene rings is 2. The Labute approximate surface area is 147 Å². The van der Waals surface area contributed by atoms with Gasteiger partial charge >= 0.3 is 0 Å². The minimum atomic E-state index is -3.84. The van der Waals surface area contributed by atoms with E-state index < -0.39 is 15.8 Å². The molecule has 0 amide bonds. The standard InChI is InChI=1S/C18H22FNO4S/c1-3-13(2)14-4-7-16(8-5-14)25(22,23)20-17-9-6-15(19)12-18(17)24-11-10-21/h4-9,12-13,20-21H,3,10-11H2,1-2H3. The van der Waals surface area contributed by atoms with Gasteiger partial charge < -0.3 is 9.84 Å². The number of sulfonamides is 1. The minimum Gasteiger partial charge on any atom is -0.489 e. The van der Waals surface area contributed by atoms with Crippen LogP contribution in [0.2, 0.25) is 0 Å². The second-order valence-electron chi connectivity index (χ2n) is 5.70. The Morgan fingerprint density at radius 3 is 2.48 bits per heavy atom. The maximum atomic E-state index is 13.4. The van der Waals surface area contributed by atoms with Gasteiger partial charge in [-0.15, -0.1) is 0 Å². The molecule has 0 aliphatic heterocycles. The molecule has 2 aromatic carbocycles. The maximum Gasteiger partial charge on any atom is 0.262 e. The van der Waals surface area contributed by atoms with E-state index in [1.807, 2.05) is 0 Å². The number of aliphatic hydroxyl groups is 1. The lowest BCUT2D eigenvalue weighted by molar-refractivity contribution is 0.201. The predicted molar refractivity (Wildman–Crippen MR) is 94.9 cm³/mol. The van der Waals surface area contributed by atoms with Gasteiger partial charge in [-0.2, -0.15) is 0 Å². The summed E-state index contributed by atoms with van der Waals surface area (Å²) < 4.78 is 46.1.